The SMILES string of the molecule is O=C1[C@@H]2[C@H](C(=O)N1CCN=C=NC1CCCCC1)[C@@H]1C=C[C@H]2C1. The van der Waals surface area contributed by atoms with E-state index in [2.05, 4.69) is 28.1 Å². The molecule has 0 aromatic carbocycles. The van der Waals surface area contributed by atoms with Crippen molar-refractivity contribution in [1.82, 2.24) is 4.90 Å². The number of fused-ring (bicyclic) bond motifs is 5. The van der Waals surface area contributed by atoms with Crippen molar-refractivity contribution in [1.29, 1.82) is 0 Å². The largest absolute Gasteiger partial charge is 0.280 e. The molecule has 0 radical (unpaired) electrons. The molecule has 2 saturated carbocycles. The summed E-state index contributed by atoms with van der Waals surface area (Å²) in [7, 11) is 0. The smallest absolute Gasteiger partial charge is 0.233 e. The van der Waals surface area contributed by atoms with Gasteiger partial charge in [-0.2, -0.15) is 0 Å². The standard InChI is InChI=1S/C18H23N3O2/c22-17-15-12-6-7-13(10-12)16(15)18(23)21(17)9-8-19-11-20-14-4-2-1-3-5-14/h6-7,12-16H,1-5,8-10H2/t12-,13+,15-,16+. The van der Waals surface area contributed by atoms with Crippen LogP contribution >= 0.6 is 0 Å². The molecule has 5 heteroatoms. The Kier molecular flexibility index (Phi) is 3.90. The Morgan fingerprint density at radius 3 is 2.35 bits per heavy atom. The van der Waals surface area contributed by atoms with Crippen LogP contribution in [-0.2, 0) is 9.59 Å². The number of imide groups is 1. The van der Waals surface area contributed by atoms with Crippen molar-refractivity contribution >= 4 is 17.8 Å². The average Bonchev–Trinajstić information content (AvgIpc) is 3.24. The van der Waals surface area contributed by atoms with Gasteiger partial charge >= 0.3 is 0 Å². The minimum Gasteiger partial charge on any atom is -0.280 e. The van der Waals surface area contributed by atoms with Crippen LogP contribution in [0.2, 0.25) is 0 Å². The normalized spacial score (nSPS) is 35.6. The molecular weight excluding hydrogens is 290 g/mol. The van der Waals surface area contributed by atoms with Gasteiger partial charge < -0.3 is 0 Å². The third-order valence-corrected chi connectivity index (χ3v) is 5.88. The summed E-state index contributed by atoms with van der Waals surface area (Å²) in [4.78, 5) is 34.9. The molecule has 1 aliphatic heterocycles. The van der Waals surface area contributed by atoms with Crippen molar-refractivity contribution in [3.05, 3.63) is 12.2 Å². The average molecular weight is 313 g/mol. The van der Waals surface area contributed by atoms with Crippen LogP contribution in [0.4, 0.5) is 0 Å². The Bertz CT molecular complexity index is 569. The van der Waals surface area contributed by atoms with E-state index in [-0.39, 0.29) is 35.5 Å². The molecule has 2 bridgehead atoms. The molecule has 0 aromatic rings. The molecule has 3 fully saturated rings. The molecule has 2 amide bonds. The zero-order valence-corrected chi connectivity index (χ0v) is 13.4. The molecule has 1 heterocycles. The van der Waals surface area contributed by atoms with E-state index in [1.165, 1.54) is 24.2 Å². The predicted octanol–water partition coefficient (Wildman–Crippen LogP) is 2.30. The molecule has 23 heavy (non-hydrogen) atoms. The molecule has 1 saturated heterocycles. The fourth-order valence-corrected chi connectivity index (χ4v) is 4.72. The lowest BCUT2D eigenvalue weighted by atomic mass is 9.85. The van der Waals surface area contributed by atoms with Crippen molar-refractivity contribution < 1.29 is 9.59 Å². The minimum atomic E-state index is -0.0996. The Hall–Kier alpha value is -1.74. The Balaban J connectivity index is 1.32. The van der Waals surface area contributed by atoms with Gasteiger partial charge in [0.1, 0.15) is 0 Å². The van der Waals surface area contributed by atoms with E-state index >= 15 is 0 Å². The highest BCUT2D eigenvalue weighted by molar-refractivity contribution is 6.06. The number of likely N-dealkylation sites (tertiary alicyclic amines) is 1. The molecule has 5 nitrogen and oxygen atoms in total. The number of nitrogens with zero attached hydrogens (tertiary/aromatic N) is 3. The second kappa shape index (κ2) is 6.04. The summed E-state index contributed by atoms with van der Waals surface area (Å²) in [6.07, 6.45) is 11.3. The van der Waals surface area contributed by atoms with E-state index in [0.29, 0.717) is 19.1 Å². The fourth-order valence-electron chi connectivity index (χ4n) is 4.72. The molecule has 4 aliphatic rings. The first-order valence-corrected chi connectivity index (χ1v) is 8.90. The first-order chi connectivity index (χ1) is 11.3. The van der Waals surface area contributed by atoms with E-state index in [4.69, 9.17) is 0 Å². The highest BCUT2D eigenvalue weighted by atomic mass is 16.2. The quantitative estimate of drug-likeness (QED) is 0.454. The van der Waals surface area contributed by atoms with E-state index in [0.717, 1.165) is 19.3 Å². The molecule has 3 aliphatic carbocycles. The number of allylic oxidation sites excluding steroid dienone is 2. The molecule has 0 unspecified atom stereocenters. The van der Waals surface area contributed by atoms with Gasteiger partial charge in [0, 0.05) is 6.54 Å². The number of amides is 2. The van der Waals surface area contributed by atoms with Crippen LogP contribution < -0.4 is 0 Å². The number of carbonyl (C=O) groups excluding carboxylic acids is 2. The lowest BCUT2D eigenvalue weighted by molar-refractivity contribution is -0.140. The van der Waals surface area contributed by atoms with Gasteiger partial charge in [-0.15, -0.1) is 0 Å². The summed E-state index contributed by atoms with van der Waals surface area (Å²) >= 11 is 0. The van der Waals surface area contributed by atoms with Gasteiger partial charge in [-0.1, -0.05) is 31.4 Å². The zero-order valence-electron chi connectivity index (χ0n) is 13.4. The van der Waals surface area contributed by atoms with Crippen LogP contribution in [0.25, 0.3) is 0 Å². The topological polar surface area (TPSA) is 62.1 Å². The lowest BCUT2D eigenvalue weighted by Crippen LogP contribution is -2.35. The Morgan fingerprint density at radius 1 is 1.04 bits per heavy atom. The van der Waals surface area contributed by atoms with Crippen LogP contribution in [-0.4, -0.2) is 41.9 Å². The van der Waals surface area contributed by atoms with Crippen LogP contribution in [0.15, 0.2) is 22.1 Å². The maximum absolute atomic E-state index is 12.5. The molecule has 4 atom stereocenters. The lowest BCUT2D eigenvalue weighted by Gasteiger charge is -2.16. The predicted molar refractivity (Wildman–Crippen MR) is 86.0 cm³/mol. The second-order valence-corrected chi connectivity index (χ2v) is 7.23. The van der Waals surface area contributed by atoms with Crippen molar-refractivity contribution in [2.24, 2.45) is 33.7 Å². The highest BCUT2D eigenvalue weighted by Gasteiger charge is 2.58. The van der Waals surface area contributed by atoms with E-state index in [9.17, 15) is 9.59 Å². The number of hydrogen-bond acceptors (Lipinski definition) is 4. The summed E-state index contributed by atoms with van der Waals surface area (Å²) < 4.78 is 0. The molecular formula is C18H23N3O2. The maximum atomic E-state index is 12.5. The summed E-state index contributed by atoms with van der Waals surface area (Å²) in [6, 6.07) is 3.14. The minimum absolute atomic E-state index is 0.0104. The highest BCUT2D eigenvalue weighted by Crippen LogP contribution is 2.52. The summed E-state index contributed by atoms with van der Waals surface area (Å²) in [5, 5.41) is 0. The summed E-state index contributed by atoms with van der Waals surface area (Å²) in [6.45, 7) is 0.785. The number of hydrogen-bond donors (Lipinski definition) is 0. The molecule has 4 rings (SSSR count). The van der Waals surface area contributed by atoms with Crippen molar-refractivity contribution in [2.75, 3.05) is 13.1 Å². The summed E-state index contributed by atoms with van der Waals surface area (Å²) in [5.74, 6) is 0.382. The fraction of sp³-hybridized carbons (Fsp3) is 0.722. The third-order valence-electron chi connectivity index (χ3n) is 5.88. The third kappa shape index (κ3) is 2.57. The van der Waals surface area contributed by atoms with Crippen LogP contribution in [0.3, 0.4) is 0 Å². The van der Waals surface area contributed by atoms with Crippen molar-refractivity contribution in [2.45, 2.75) is 44.6 Å². The van der Waals surface area contributed by atoms with Crippen molar-refractivity contribution in [3.63, 3.8) is 0 Å². The molecule has 0 aromatic heterocycles. The Morgan fingerprint density at radius 2 is 1.70 bits per heavy atom. The zero-order chi connectivity index (χ0) is 15.8. The number of aliphatic imine (C=N–C) groups is 2. The van der Waals surface area contributed by atoms with Gasteiger partial charge in [0.2, 0.25) is 11.8 Å². The van der Waals surface area contributed by atoms with E-state index in [1.807, 2.05) is 0 Å². The second-order valence-electron chi connectivity index (χ2n) is 7.23. The van der Waals surface area contributed by atoms with Gasteiger partial charge in [-0.05, 0) is 31.1 Å². The van der Waals surface area contributed by atoms with E-state index < -0.39 is 0 Å². The van der Waals surface area contributed by atoms with Crippen LogP contribution in [0.5, 0.6) is 0 Å². The van der Waals surface area contributed by atoms with Gasteiger partial charge in [0.25, 0.3) is 0 Å². The molecule has 0 N–H and O–H groups in total. The van der Waals surface area contributed by atoms with E-state index in [1.54, 1.807) is 0 Å². The van der Waals surface area contributed by atoms with Crippen LogP contribution in [0.1, 0.15) is 38.5 Å². The number of carbonyl (C=O) groups is 2. The monoisotopic (exact) mass is 313 g/mol. The van der Waals surface area contributed by atoms with Crippen LogP contribution in [0, 0.1) is 23.7 Å². The van der Waals surface area contributed by atoms with Gasteiger partial charge in [-0.3, -0.25) is 14.5 Å². The maximum Gasteiger partial charge on any atom is 0.233 e. The van der Waals surface area contributed by atoms with Gasteiger partial charge in [-0.25, -0.2) is 9.98 Å². The Labute approximate surface area is 136 Å². The number of rotatable bonds is 4. The van der Waals surface area contributed by atoms with Gasteiger partial charge in [0.05, 0.1) is 30.4 Å². The van der Waals surface area contributed by atoms with Crippen molar-refractivity contribution in [3.8, 4) is 0 Å². The molecule has 122 valence electrons. The first-order valence-electron chi connectivity index (χ1n) is 8.90. The summed E-state index contributed by atoms with van der Waals surface area (Å²) in [5.41, 5.74) is 0. The first kappa shape index (κ1) is 14.8. The molecule has 0 spiro atoms. The van der Waals surface area contributed by atoms with Gasteiger partial charge in [0.15, 0.2) is 0 Å².